The fraction of sp³-hybridized carbons (Fsp3) is 0.174. The van der Waals surface area contributed by atoms with Crippen molar-refractivity contribution in [3.05, 3.63) is 71.0 Å². The van der Waals surface area contributed by atoms with Gasteiger partial charge in [0, 0.05) is 42.6 Å². The van der Waals surface area contributed by atoms with Gasteiger partial charge in [-0.2, -0.15) is 0 Å². The molecule has 8 nitrogen and oxygen atoms in total. The number of pyridine rings is 1. The van der Waals surface area contributed by atoms with Gasteiger partial charge in [-0.25, -0.2) is 4.98 Å². The minimum absolute atomic E-state index is 0.139. The van der Waals surface area contributed by atoms with E-state index < -0.39 is 0 Å². The number of halogens is 1. The molecule has 164 valence electrons. The average Bonchev–Trinajstić information content (AvgIpc) is 3.09. The van der Waals surface area contributed by atoms with E-state index in [0.29, 0.717) is 22.5 Å². The van der Waals surface area contributed by atoms with Gasteiger partial charge in [0.25, 0.3) is 5.91 Å². The standard InChI is InChI=1S/C23H22ClN5O3/c1-14-3-4-15(11-18(14)24)27-23-28-19-12-16(5-6-21(19)29(23)2)32-17-7-8-25-20(13-17)22(31)26-9-10-30/h3-8,11-13,30H,9-10H2,1-2H3,(H,26,31)(H,27,28). The smallest absolute Gasteiger partial charge is 0.270 e. The highest BCUT2D eigenvalue weighted by atomic mass is 35.5. The first-order chi connectivity index (χ1) is 15.4. The first-order valence-electron chi connectivity index (χ1n) is 9.97. The molecule has 0 spiro atoms. The summed E-state index contributed by atoms with van der Waals surface area (Å²) in [6.07, 6.45) is 1.50. The van der Waals surface area contributed by atoms with E-state index in [1.807, 2.05) is 54.9 Å². The second-order valence-corrected chi connectivity index (χ2v) is 7.60. The number of benzene rings is 2. The summed E-state index contributed by atoms with van der Waals surface area (Å²) in [6, 6.07) is 14.6. The Morgan fingerprint density at radius 3 is 2.75 bits per heavy atom. The Hall–Kier alpha value is -3.62. The number of aliphatic hydroxyl groups excluding tert-OH is 1. The average molecular weight is 452 g/mol. The number of rotatable bonds is 7. The number of nitrogens with zero attached hydrogens (tertiary/aromatic N) is 3. The molecular formula is C23H22ClN5O3. The van der Waals surface area contributed by atoms with Crippen LogP contribution in [0.3, 0.4) is 0 Å². The molecule has 3 N–H and O–H groups in total. The summed E-state index contributed by atoms with van der Waals surface area (Å²) < 4.78 is 7.87. The van der Waals surface area contributed by atoms with Crippen molar-refractivity contribution in [1.82, 2.24) is 19.9 Å². The Labute approximate surface area is 189 Å². The topological polar surface area (TPSA) is 101 Å². The normalized spacial score (nSPS) is 10.9. The van der Waals surface area contributed by atoms with Crippen molar-refractivity contribution in [2.45, 2.75) is 6.92 Å². The number of nitrogens with one attached hydrogen (secondary N) is 2. The SMILES string of the molecule is Cc1ccc(Nc2nc3cc(Oc4ccnc(C(=O)NCCO)c4)ccc3n2C)cc1Cl. The van der Waals surface area contributed by atoms with Crippen LogP contribution < -0.4 is 15.4 Å². The molecule has 0 aliphatic carbocycles. The number of aryl methyl sites for hydroxylation is 2. The van der Waals surface area contributed by atoms with E-state index in [-0.39, 0.29) is 24.8 Å². The third-order valence-electron chi connectivity index (χ3n) is 4.88. The zero-order chi connectivity index (χ0) is 22.7. The summed E-state index contributed by atoms with van der Waals surface area (Å²) >= 11 is 6.23. The summed E-state index contributed by atoms with van der Waals surface area (Å²) in [6.45, 7) is 1.98. The van der Waals surface area contributed by atoms with Crippen molar-refractivity contribution >= 4 is 40.2 Å². The van der Waals surface area contributed by atoms with Gasteiger partial charge >= 0.3 is 0 Å². The van der Waals surface area contributed by atoms with Crippen molar-refractivity contribution in [3.8, 4) is 11.5 Å². The summed E-state index contributed by atoms with van der Waals surface area (Å²) in [5.74, 6) is 1.34. The van der Waals surface area contributed by atoms with Gasteiger partial charge < -0.3 is 25.0 Å². The lowest BCUT2D eigenvalue weighted by atomic mass is 10.2. The highest BCUT2D eigenvalue weighted by Crippen LogP contribution is 2.29. The van der Waals surface area contributed by atoms with Crippen LogP contribution in [0.25, 0.3) is 11.0 Å². The van der Waals surface area contributed by atoms with Gasteiger partial charge in [0.05, 0.1) is 17.6 Å². The van der Waals surface area contributed by atoms with Crippen LogP contribution in [0.1, 0.15) is 16.1 Å². The van der Waals surface area contributed by atoms with Gasteiger partial charge in [0.15, 0.2) is 0 Å². The van der Waals surface area contributed by atoms with Gasteiger partial charge in [-0.3, -0.25) is 9.78 Å². The third kappa shape index (κ3) is 4.66. The second-order valence-electron chi connectivity index (χ2n) is 7.19. The third-order valence-corrected chi connectivity index (χ3v) is 5.28. The van der Waals surface area contributed by atoms with Gasteiger partial charge in [-0.1, -0.05) is 17.7 Å². The lowest BCUT2D eigenvalue weighted by Gasteiger charge is -2.08. The molecule has 2 heterocycles. The number of aliphatic hydroxyl groups is 1. The summed E-state index contributed by atoms with van der Waals surface area (Å²) in [7, 11) is 1.92. The van der Waals surface area contributed by atoms with E-state index in [1.165, 1.54) is 6.20 Å². The van der Waals surface area contributed by atoms with Crippen LogP contribution in [0.5, 0.6) is 11.5 Å². The Morgan fingerprint density at radius 2 is 1.97 bits per heavy atom. The second kappa shape index (κ2) is 9.25. The maximum absolute atomic E-state index is 12.0. The number of hydrogen-bond donors (Lipinski definition) is 3. The number of fused-ring (bicyclic) bond motifs is 1. The molecule has 0 fully saturated rings. The van der Waals surface area contributed by atoms with E-state index >= 15 is 0 Å². The molecular weight excluding hydrogens is 430 g/mol. The van der Waals surface area contributed by atoms with E-state index in [4.69, 9.17) is 21.4 Å². The number of imidazole rings is 1. The van der Waals surface area contributed by atoms with Crippen molar-refractivity contribution in [3.63, 3.8) is 0 Å². The van der Waals surface area contributed by atoms with Gasteiger partial charge in [-0.05, 0) is 42.8 Å². The molecule has 4 aromatic rings. The number of ether oxygens (including phenoxy) is 1. The number of amides is 1. The van der Waals surface area contributed by atoms with Crippen LogP contribution in [0.4, 0.5) is 11.6 Å². The maximum atomic E-state index is 12.0. The van der Waals surface area contributed by atoms with Crippen LogP contribution >= 0.6 is 11.6 Å². The fourth-order valence-electron chi connectivity index (χ4n) is 3.15. The van der Waals surface area contributed by atoms with Crippen LogP contribution in [0, 0.1) is 6.92 Å². The lowest BCUT2D eigenvalue weighted by molar-refractivity contribution is 0.0939. The van der Waals surface area contributed by atoms with E-state index in [1.54, 1.807) is 12.1 Å². The summed E-state index contributed by atoms with van der Waals surface area (Å²) in [5, 5.41) is 15.4. The number of carbonyl (C=O) groups excluding carboxylic acids is 1. The largest absolute Gasteiger partial charge is 0.457 e. The minimum atomic E-state index is -0.378. The maximum Gasteiger partial charge on any atom is 0.270 e. The molecule has 0 aliphatic rings. The highest BCUT2D eigenvalue weighted by Gasteiger charge is 2.12. The molecule has 4 rings (SSSR count). The molecule has 1 amide bonds. The molecule has 32 heavy (non-hydrogen) atoms. The van der Waals surface area contributed by atoms with Crippen molar-refractivity contribution in [1.29, 1.82) is 0 Å². The van der Waals surface area contributed by atoms with Crippen molar-refractivity contribution in [2.24, 2.45) is 7.05 Å². The van der Waals surface area contributed by atoms with Gasteiger partial charge in [0.2, 0.25) is 5.95 Å². The molecule has 9 heteroatoms. The zero-order valence-corrected chi connectivity index (χ0v) is 18.3. The number of carbonyl (C=O) groups is 1. The molecule has 0 saturated heterocycles. The minimum Gasteiger partial charge on any atom is -0.457 e. The zero-order valence-electron chi connectivity index (χ0n) is 17.6. The predicted molar refractivity (Wildman–Crippen MR) is 124 cm³/mol. The Morgan fingerprint density at radius 1 is 1.16 bits per heavy atom. The van der Waals surface area contributed by atoms with Crippen LogP contribution in [0.15, 0.2) is 54.7 Å². The summed E-state index contributed by atoms with van der Waals surface area (Å²) in [5.41, 5.74) is 3.74. The molecule has 2 aromatic carbocycles. The highest BCUT2D eigenvalue weighted by molar-refractivity contribution is 6.31. The van der Waals surface area contributed by atoms with Crippen molar-refractivity contribution < 1.29 is 14.6 Å². The molecule has 0 aliphatic heterocycles. The quantitative estimate of drug-likeness (QED) is 0.389. The molecule has 0 unspecified atom stereocenters. The van der Waals surface area contributed by atoms with Crippen molar-refractivity contribution in [2.75, 3.05) is 18.5 Å². The summed E-state index contributed by atoms with van der Waals surface area (Å²) in [4.78, 5) is 20.8. The molecule has 0 radical (unpaired) electrons. The number of hydrogen-bond acceptors (Lipinski definition) is 6. The lowest BCUT2D eigenvalue weighted by Crippen LogP contribution is -2.27. The van der Waals surface area contributed by atoms with E-state index in [2.05, 4.69) is 20.6 Å². The molecule has 2 aromatic heterocycles. The Balaban J connectivity index is 1.55. The number of anilines is 2. The Bertz CT molecular complexity index is 1290. The van der Waals surface area contributed by atoms with Crippen LogP contribution in [-0.2, 0) is 7.05 Å². The fourth-order valence-corrected chi connectivity index (χ4v) is 3.33. The first-order valence-corrected chi connectivity index (χ1v) is 10.3. The van der Waals surface area contributed by atoms with E-state index in [0.717, 1.165) is 22.3 Å². The molecule has 0 bridgehead atoms. The van der Waals surface area contributed by atoms with Crippen LogP contribution in [-0.4, -0.2) is 38.7 Å². The Kier molecular flexibility index (Phi) is 6.25. The number of aromatic nitrogens is 3. The first kappa shape index (κ1) is 21.6. The van der Waals surface area contributed by atoms with Crippen LogP contribution in [0.2, 0.25) is 5.02 Å². The molecule has 0 atom stereocenters. The van der Waals surface area contributed by atoms with Gasteiger partial charge in [0.1, 0.15) is 17.2 Å². The van der Waals surface area contributed by atoms with E-state index in [9.17, 15) is 4.79 Å². The predicted octanol–water partition coefficient (Wildman–Crippen LogP) is 4.19. The van der Waals surface area contributed by atoms with Gasteiger partial charge in [-0.15, -0.1) is 0 Å². The molecule has 0 saturated carbocycles. The monoisotopic (exact) mass is 451 g/mol.